The molecule has 6 N–H and O–H groups in total. The van der Waals surface area contributed by atoms with Crippen molar-refractivity contribution < 1.29 is 33.0 Å². The molecule has 8 nitrogen and oxygen atoms in total. The number of hydrogen-bond acceptors (Lipinski definition) is 7. The SMILES string of the molecule is [2H]C([2H])([2H])c1ccc([C@](O)(CO)C(F)F)cc1-c1cnc(N)c(C(=O)N[C@@H]2CCCC[C@H]2O)n1. The summed E-state index contributed by atoms with van der Waals surface area (Å²) in [6, 6.07) is 2.46. The van der Waals surface area contributed by atoms with Crippen molar-refractivity contribution >= 4 is 11.7 Å². The molecule has 10 heteroatoms. The van der Waals surface area contributed by atoms with E-state index in [0.717, 1.165) is 37.2 Å². The van der Waals surface area contributed by atoms with Crippen molar-refractivity contribution in [2.75, 3.05) is 12.3 Å². The van der Waals surface area contributed by atoms with Gasteiger partial charge in [0.15, 0.2) is 17.1 Å². The van der Waals surface area contributed by atoms with Crippen LogP contribution in [0.5, 0.6) is 0 Å². The highest BCUT2D eigenvalue weighted by Gasteiger charge is 2.39. The number of aromatic nitrogens is 2. The Hall–Kier alpha value is -2.69. The molecule has 1 aromatic heterocycles. The predicted molar refractivity (Wildman–Crippen MR) is 109 cm³/mol. The van der Waals surface area contributed by atoms with Crippen LogP contribution in [0.1, 0.15) is 51.4 Å². The zero-order chi connectivity index (χ0) is 25.3. The number of anilines is 1. The van der Waals surface area contributed by atoms with Gasteiger partial charge in [-0.1, -0.05) is 25.0 Å². The fraction of sp³-hybridized carbons (Fsp3) is 0.476. The summed E-state index contributed by atoms with van der Waals surface area (Å²) < 4.78 is 50.3. The second-order valence-corrected chi connectivity index (χ2v) is 7.56. The number of amides is 1. The summed E-state index contributed by atoms with van der Waals surface area (Å²) in [6.07, 6.45) is -0.300. The van der Waals surface area contributed by atoms with Crippen molar-refractivity contribution in [2.45, 2.75) is 56.7 Å². The monoisotopic (exact) mass is 439 g/mol. The molecule has 0 spiro atoms. The number of hydrogen-bond donors (Lipinski definition) is 5. The highest BCUT2D eigenvalue weighted by Crippen LogP contribution is 2.32. The van der Waals surface area contributed by atoms with Gasteiger partial charge in [0.05, 0.1) is 30.6 Å². The molecular formula is C21H26F2N4O4. The largest absolute Gasteiger partial charge is 0.393 e. The maximum Gasteiger partial charge on any atom is 0.274 e. The first-order chi connectivity index (χ1) is 15.9. The summed E-state index contributed by atoms with van der Waals surface area (Å²) in [5, 5.41) is 32.4. The van der Waals surface area contributed by atoms with Crippen LogP contribution in [0, 0.1) is 6.85 Å². The van der Waals surface area contributed by atoms with Gasteiger partial charge in [-0.25, -0.2) is 18.7 Å². The summed E-state index contributed by atoms with van der Waals surface area (Å²) in [5.41, 5.74) is 1.45. The smallest absolute Gasteiger partial charge is 0.274 e. The highest BCUT2D eigenvalue weighted by molar-refractivity contribution is 5.97. The van der Waals surface area contributed by atoms with Gasteiger partial charge in [0.2, 0.25) is 0 Å². The van der Waals surface area contributed by atoms with Gasteiger partial charge in [0, 0.05) is 9.68 Å². The average molecular weight is 439 g/mol. The standard InChI is InChI=1S/C21H26F2N4O4/c1-11-6-7-12(21(31,10-28)20(22)23)8-13(11)15-9-25-18(24)17(26-15)19(30)27-14-4-2-3-5-16(14)29/h6-9,14,16,20,28-29,31H,2-5,10H2,1H3,(H2,24,25)(H,27,30)/t14-,16-,21-/m1/s1/i1D3. The third kappa shape index (κ3) is 4.65. The Labute approximate surface area is 182 Å². The molecule has 168 valence electrons. The van der Waals surface area contributed by atoms with Gasteiger partial charge < -0.3 is 26.4 Å². The summed E-state index contributed by atoms with van der Waals surface area (Å²) in [6.45, 7) is -4.02. The number of rotatable bonds is 6. The van der Waals surface area contributed by atoms with Crippen LogP contribution >= 0.6 is 0 Å². The molecule has 0 unspecified atom stereocenters. The summed E-state index contributed by atoms with van der Waals surface area (Å²) in [4.78, 5) is 20.9. The molecule has 31 heavy (non-hydrogen) atoms. The molecule has 1 aliphatic carbocycles. The number of nitrogen functional groups attached to an aromatic ring is 1. The van der Waals surface area contributed by atoms with Crippen LogP contribution in [0.25, 0.3) is 11.3 Å². The number of nitrogens with one attached hydrogen (secondary N) is 1. The van der Waals surface area contributed by atoms with Crippen molar-refractivity contribution in [3.05, 3.63) is 41.2 Å². The number of alkyl halides is 2. The minimum Gasteiger partial charge on any atom is -0.393 e. The van der Waals surface area contributed by atoms with Crippen LogP contribution in [0.4, 0.5) is 14.6 Å². The Morgan fingerprint density at radius 3 is 2.81 bits per heavy atom. The lowest BCUT2D eigenvalue weighted by molar-refractivity contribution is -0.129. The zero-order valence-corrected chi connectivity index (χ0v) is 16.6. The van der Waals surface area contributed by atoms with Crippen LogP contribution in [0.15, 0.2) is 24.4 Å². The Morgan fingerprint density at radius 1 is 1.42 bits per heavy atom. The second-order valence-electron chi connectivity index (χ2n) is 7.56. The summed E-state index contributed by atoms with van der Waals surface area (Å²) in [5.74, 6) is -0.985. The third-order valence-electron chi connectivity index (χ3n) is 5.46. The van der Waals surface area contributed by atoms with Gasteiger partial charge in [-0.2, -0.15) is 0 Å². The average Bonchev–Trinajstić information content (AvgIpc) is 2.79. The van der Waals surface area contributed by atoms with E-state index in [1.807, 2.05) is 0 Å². The van der Waals surface area contributed by atoms with Crippen LogP contribution in [-0.4, -0.2) is 56.4 Å². The van der Waals surface area contributed by atoms with Gasteiger partial charge in [0.25, 0.3) is 12.3 Å². The molecule has 1 saturated carbocycles. The minimum atomic E-state index is -3.37. The molecule has 1 amide bonds. The number of carbonyl (C=O) groups excluding carboxylic acids is 1. The third-order valence-corrected chi connectivity index (χ3v) is 5.46. The maximum atomic E-state index is 13.5. The molecule has 1 heterocycles. The molecule has 2 aromatic rings. The van der Waals surface area contributed by atoms with Crippen LogP contribution in [-0.2, 0) is 5.60 Å². The van der Waals surface area contributed by atoms with Gasteiger partial charge in [0.1, 0.15) is 0 Å². The number of halogens is 2. The molecular weight excluding hydrogens is 410 g/mol. The van der Waals surface area contributed by atoms with E-state index in [1.165, 1.54) is 0 Å². The number of nitrogens with two attached hydrogens (primary N) is 1. The Bertz CT molecular complexity index is 1060. The Balaban J connectivity index is 2.08. The van der Waals surface area contributed by atoms with E-state index in [2.05, 4.69) is 15.3 Å². The van der Waals surface area contributed by atoms with E-state index < -0.39 is 49.1 Å². The maximum absolute atomic E-state index is 13.5. The molecule has 1 aromatic carbocycles. The second kappa shape index (κ2) is 9.21. The summed E-state index contributed by atoms with van der Waals surface area (Å²) >= 11 is 0. The lowest BCUT2D eigenvalue weighted by Gasteiger charge is -2.28. The van der Waals surface area contributed by atoms with Gasteiger partial charge in [-0.3, -0.25) is 4.79 Å². The van der Waals surface area contributed by atoms with E-state index in [9.17, 15) is 28.9 Å². The van der Waals surface area contributed by atoms with E-state index >= 15 is 0 Å². The minimum absolute atomic E-state index is 0.161. The van der Waals surface area contributed by atoms with Crippen molar-refractivity contribution in [3.63, 3.8) is 0 Å². The molecule has 1 fully saturated rings. The topological polar surface area (TPSA) is 142 Å². The van der Waals surface area contributed by atoms with Gasteiger partial charge in [-0.05, 0) is 36.9 Å². The van der Waals surface area contributed by atoms with E-state index in [-0.39, 0.29) is 28.3 Å². The first-order valence-corrected chi connectivity index (χ1v) is 9.76. The van der Waals surface area contributed by atoms with Crippen molar-refractivity contribution in [2.24, 2.45) is 0 Å². The molecule has 0 bridgehead atoms. The van der Waals surface area contributed by atoms with Crippen molar-refractivity contribution in [3.8, 4) is 11.3 Å². The molecule has 0 radical (unpaired) electrons. The zero-order valence-electron chi connectivity index (χ0n) is 19.6. The number of aryl methyl sites for hydroxylation is 1. The van der Waals surface area contributed by atoms with Crippen LogP contribution in [0.3, 0.4) is 0 Å². The fourth-order valence-corrected chi connectivity index (χ4v) is 3.52. The van der Waals surface area contributed by atoms with E-state index in [4.69, 9.17) is 9.85 Å². The molecule has 0 saturated heterocycles. The number of carbonyl (C=O) groups is 1. The van der Waals surface area contributed by atoms with Gasteiger partial charge in [-0.15, -0.1) is 0 Å². The molecule has 1 aliphatic rings. The molecule has 3 atom stereocenters. The molecule has 3 rings (SSSR count). The quantitative estimate of drug-likeness (QED) is 0.459. The Morgan fingerprint density at radius 2 is 2.16 bits per heavy atom. The van der Waals surface area contributed by atoms with Crippen LogP contribution in [0.2, 0.25) is 0 Å². The number of aliphatic hydroxyl groups is 3. The van der Waals surface area contributed by atoms with Crippen molar-refractivity contribution in [1.29, 1.82) is 0 Å². The fourth-order valence-electron chi connectivity index (χ4n) is 3.52. The van der Waals surface area contributed by atoms with E-state index in [1.54, 1.807) is 0 Å². The molecule has 0 aliphatic heterocycles. The highest BCUT2D eigenvalue weighted by atomic mass is 19.3. The predicted octanol–water partition coefficient (Wildman–Crippen LogP) is 1.51. The van der Waals surface area contributed by atoms with Crippen molar-refractivity contribution in [1.82, 2.24) is 15.3 Å². The number of aliphatic hydroxyl groups excluding tert-OH is 2. The van der Waals surface area contributed by atoms with E-state index in [0.29, 0.717) is 12.8 Å². The Kier molecular flexibility index (Phi) is 5.65. The first-order valence-electron chi connectivity index (χ1n) is 11.3. The normalized spacial score (nSPS) is 22.8. The lowest BCUT2D eigenvalue weighted by Crippen LogP contribution is -2.45. The van der Waals surface area contributed by atoms with Crippen LogP contribution < -0.4 is 11.1 Å². The first kappa shape index (κ1) is 19.0. The summed E-state index contributed by atoms with van der Waals surface area (Å²) in [7, 11) is 0. The van der Waals surface area contributed by atoms with Gasteiger partial charge >= 0.3 is 0 Å². The number of nitrogens with zero attached hydrogens (tertiary/aromatic N) is 2. The lowest BCUT2D eigenvalue weighted by atomic mass is 9.91. The number of benzene rings is 1.